The molecule has 0 unspecified atom stereocenters. The number of alkyl halides is 3. The van der Waals surface area contributed by atoms with Crippen LogP contribution in [0.4, 0.5) is 22.0 Å². The van der Waals surface area contributed by atoms with Crippen molar-refractivity contribution >= 4 is 33.4 Å². The van der Waals surface area contributed by atoms with Gasteiger partial charge < -0.3 is 15.8 Å². The fourth-order valence-electron chi connectivity index (χ4n) is 2.84. The smallest absolute Gasteiger partial charge is 0.471 e. The summed E-state index contributed by atoms with van der Waals surface area (Å²) in [4.78, 5) is 26.4. The molecule has 170 valence electrons. The summed E-state index contributed by atoms with van der Waals surface area (Å²) in [5, 5.41) is 2.29. The number of nitrogens with two attached hydrogens (primary N) is 1. The van der Waals surface area contributed by atoms with Gasteiger partial charge in [-0.05, 0) is 42.7 Å². The van der Waals surface area contributed by atoms with Crippen LogP contribution in [0, 0.1) is 11.6 Å². The van der Waals surface area contributed by atoms with Crippen LogP contribution >= 0.6 is 11.3 Å². The Morgan fingerprint density at radius 3 is 2.59 bits per heavy atom. The lowest BCUT2D eigenvalue weighted by atomic mass is 10.1. The van der Waals surface area contributed by atoms with Crippen molar-refractivity contribution in [3.63, 3.8) is 0 Å². The number of thiazole rings is 1. The van der Waals surface area contributed by atoms with E-state index < -0.39 is 35.2 Å². The number of carbonyl (C=O) groups is 2. The maximum atomic E-state index is 14.2. The number of amides is 2. The van der Waals surface area contributed by atoms with E-state index in [-0.39, 0.29) is 18.9 Å². The minimum atomic E-state index is -4.91. The molecule has 2 aromatic carbocycles. The second-order valence-electron chi connectivity index (χ2n) is 6.65. The van der Waals surface area contributed by atoms with Crippen LogP contribution in [0.25, 0.3) is 10.2 Å². The molecule has 0 atom stereocenters. The summed E-state index contributed by atoms with van der Waals surface area (Å²) in [5.74, 6) is -5.86. The molecule has 0 spiro atoms. The van der Waals surface area contributed by atoms with Gasteiger partial charge in [0.25, 0.3) is 5.91 Å². The summed E-state index contributed by atoms with van der Waals surface area (Å²) in [5.41, 5.74) is 5.52. The van der Waals surface area contributed by atoms with Crippen molar-refractivity contribution in [3.05, 3.63) is 58.1 Å². The SMILES string of the molecule is NC(=O)c1c(F)ccc(OCc2nc3cc(CCCNC(=O)C(F)(F)F)ccc3s2)c1F. The van der Waals surface area contributed by atoms with Gasteiger partial charge in [0.15, 0.2) is 11.6 Å². The van der Waals surface area contributed by atoms with E-state index in [4.69, 9.17) is 10.5 Å². The number of nitrogens with zero attached hydrogens (tertiary/aromatic N) is 1. The summed E-state index contributed by atoms with van der Waals surface area (Å²) in [6.45, 7) is -0.262. The highest BCUT2D eigenvalue weighted by Gasteiger charge is 2.38. The number of carbonyl (C=O) groups excluding carboxylic acids is 2. The maximum Gasteiger partial charge on any atom is 0.471 e. The summed E-state index contributed by atoms with van der Waals surface area (Å²) < 4.78 is 70.4. The molecular weight excluding hydrogens is 457 g/mol. The molecule has 0 aliphatic heterocycles. The Labute approximate surface area is 182 Å². The van der Waals surface area contributed by atoms with E-state index in [2.05, 4.69) is 4.98 Å². The molecule has 1 heterocycles. The molecular formula is C20H16F5N3O3S. The summed E-state index contributed by atoms with van der Waals surface area (Å²) in [6, 6.07) is 7.24. The molecule has 1 aromatic heterocycles. The number of primary amides is 1. The first kappa shape index (κ1) is 23.4. The number of benzene rings is 2. The molecule has 3 N–H and O–H groups in total. The number of hydrogen-bond acceptors (Lipinski definition) is 5. The van der Waals surface area contributed by atoms with Crippen LogP contribution in [-0.2, 0) is 17.8 Å². The first-order valence-electron chi connectivity index (χ1n) is 9.20. The predicted octanol–water partition coefficient (Wildman–Crippen LogP) is 3.86. The predicted molar refractivity (Wildman–Crippen MR) is 106 cm³/mol. The van der Waals surface area contributed by atoms with Crippen LogP contribution in [0.5, 0.6) is 5.75 Å². The van der Waals surface area contributed by atoms with Gasteiger partial charge in [0.05, 0.1) is 10.2 Å². The van der Waals surface area contributed by atoms with Gasteiger partial charge in [0.1, 0.15) is 23.0 Å². The van der Waals surface area contributed by atoms with Gasteiger partial charge in [0.2, 0.25) is 0 Å². The number of aromatic nitrogens is 1. The van der Waals surface area contributed by atoms with Gasteiger partial charge in [-0.3, -0.25) is 9.59 Å². The topological polar surface area (TPSA) is 94.3 Å². The van der Waals surface area contributed by atoms with Crippen molar-refractivity contribution in [2.45, 2.75) is 25.6 Å². The Kier molecular flexibility index (Phi) is 6.92. The lowest BCUT2D eigenvalue weighted by molar-refractivity contribution is -0.173. The average molecular weight is 473 g/mol. The molecule has 0 aliphatic carbocycles. The number of halogens is 5. The van der Waals surface area contributed by atoms with Crippen molar-refractivity contribution in [2.75, 3.05) is 6.54 Å². The third-order valence-corrected chi connectivity index (χ3v) is 5.34. The lowest BCUT2D eigenvalue weighted by Crippen LogP contribution is -2.37. The fourth-order valence-corrected chi connectivity index (χ4v) is 3.70. The molecule has 3 aromatic rings. The highest BCUT2D eigenvalue weighted by atomic mass is 32.1. The van der Waals surface area contributed by atoms with Crippen molar-refractivity contribution in [3.8, 4) is 5.75 Å². The van der Waals surface area contributed by atoms with Crippen LogP contribution in [0.1, 0.15) is 27.3 Å². The maximum absolute atomic E-state index is 14.2. The highest BCUT2D eigenvalue weighted by Crippen LogP contribution is 2.27. The Bertz CT molecular complexity index is 1160. The van der Waals surface area contributed by atoms with E-state index >= 15 is 0 Å². The molecule has 3 rings (SSSR count). The lowest BCUT2D eigenvalue weighted by Gasteiger charge is -2.08. The minimum absolute atomic E-state index is 0.122. The molecule has 6 nitrogen and oxygen atoms in total. The largest absolute Gasteiger partial charge is 0.483 e. The second kappa shape index (κ2) is 9.47. The molecule has 0 bridgehead atoms. The molecule has 0 radical (unpaired) electrons. The average Bonchev–Trinajstić information content (AvgIpc) is 3.11. The van der Waals surface area contributed by atoms with Gasteiger partial charge in [-0.1, -0.05) is 6.07 Å². The summed E-state index contributed by atoms with van der Waals surface area (Å²) in [6.07, 6.45) is -4.18. The van der Waals surface area contributed by atoms with E-state index in [1.54, 1.807) is 18.2 Å². The van der Waals surface area contributed by atoms with Gasteiger partial charge in [-0.25, -0.2) is 13.8 Å². The number of nitrogens with one attached hydrogen (secondary N) is 1. The van der Waals surface area contributed by atoms with Gasteiger partial charge >= 0.3 is 12.1 Å². The standard InChI is InChI=1S/C20H16F5N3O3S/c21-11-4-5-13(17(22)16(11)18(26)29)31-9-15-28-12-8-10(3-6-14(12)32-15)2-1-7-27-19(30)20(23,24)25/h3-6,8H,1-2,7,9H2,(H2,26,29)(H,27,30). The quantitative estimate of drug-likeness (QED) is 0.384. The first-order chi connectivity index (χ1) is 15.1. The third-order valence-electron chi connectivity index (χ3n) is 4.33. The van der Waals surface area contributed by atoms with Crippen LogP contribution < -0.4 is 15.8 Å². The molecule has 0 aliphatic rings. The minimum Gasteiger partial charge on any atom is -0.483 e. The van der Waals surface area contributed by atoms with E-state index in [1.807, 2.05) is 5.32 Å². The van der Waals surface area contributed by atoms with Crippen molar-refractivity contribution in [2.24, 2.45) is 5.73 Å². The summed E-state index contributed by atoms with van der Waals surface area (Å²) in [7, 11) is 0. The number of rotatable bonds is 8. The highest BCUT2D eigenvalue weighted by molar-refractivity contribution is 7.18. The normalized spacial score (nSPS) is 11.5. The van der Waals surface area contributed by atoms with Crippen molar-refractivity contribution < 1.29 is 36.3 Å². The van der Waals surface area contributed by atoms with E-state index in [0.29, 0.717) is 23.4 Å². The monoisotopic (exact) mass is 473 g/mol. The van der Waals surface area contributed by atoms with Gasteiger partial charge in [0, 0.05) is 6.54 Å². The van der Waals surface area contributed by atoms with Crippen LogP contribution in [0.15, 0.2) is 30.3 Å². The molecule has 12 heteroatoms. The Balaban J connectivity index is 1.61. The molecule has 32 heavy (non-hydrogen) atoms. The second-order valence-corrected chi connectivity index (χ2v) is 7.77. The van der Waals surface area contributed by atoms with Gasteiger partial charge in [-0.15, -0.1) is 11.3 Å². The number of fused-ring (bicyclic) bond motifs is 1. The van der Waals surface area contributed by atoms with Crippen LogP contribution in [0.2, 0.25) is 0 Å². The zero-order chi connectivity index (χ0) is 23.5. The molecule has 2 amide bonds. The van der Waals surface area contributed by atoms with E-state index in [1.165, 1.54) is 11.3 Å². The van der Waals surface area contributed by atoms with Crippen molar-refractivity contribution in [1.29, 1.82) is 0 Å². The number of hydrogen-bond donors (Lipinski definition) is 2. The zero-order valence-electron chi connectivity index (χ0n) is 16.3. The first-order valence-corrected chi connectivity index (χ1v) is 10.0. The number of ether oxygens (including phenoxy) is 1. The van der Waals surface area contributed by atoms with Crippen molar-refractivity contribution in [1.82, 2.24) is 10.3 Å². The van der Waals surface area contributed by atoms with E-state index in [9.17, 15) is 31.5 Å². The van der Waals surface area contributed by atoms with Crippen LogP contribution in [-0.4, -0.2) is 29.5 Å². The Morgan fingerprint density at radius 1 is 1.16 bits per heavy atom. The Hall–Kier alpha value is -3.28. The van der Waals surface area contributed by atoms with Gasteiger partial charge in [-0.2, -0.15) is 13.2 Å². The molecule has 0 fully saturated rings. The number of aryl methyl sites for hydroxylation is 1. The Morgan fingerprint density at radius 2 is 1.91 bits per heavy atom. The zero-order valence-corrected chi connectivity index (χ0v) is 17.1. The molecule has 0 saturated heterocycles. The third kappa shape index (κ3) is 5.49. The van der Waals surface area contributed by atoms with Crippen LogP contribution in [0.3, 0.4) is 0 Å². The fraction of sp³-hybridized carbons (Fsp3) is 0.250. The van der Waals surface area contributed by atoms with E-state index in [0.717, 1.165) is 22.4 Å². The summed E-state index contributed by atoms with van der Waals surface area (Å²) >= 11 is 1.27. The molecule has 0 saturated carbocycles.